The molecule has 0 spiro atoms. The van der Waals surface area contributed by atoms with Crippen LogP contribution in [0.15, 0.2) is 24.5 Å². The number of rotatable bonds is 11. The van der Waals surface area contributed by atoms with Gasteiger partial charge in [-0.05, 0) is 45.1 Å². The molecule has 0 aromatic carbocycles. The molecule has 3 heteroatoms. The number of hydrogen-bond donors (Lipinski definition) is 0. The van der Waals surface area contributed by atoms with Crippen LogP contribution in [-0.2, 0) is 14.3 Å². The lowest BCUT2D eigenvalue weighted by Gasteiger charge is -2.04. The highest BCUT2D eigenvalue weighted by Gasteiger charge is 2.01. The van der Waals surface area contributed by atoms with Crippen LogP contribution in [0.3, 0.4) is 0 Å². The van der Waals surface area contributed by atoms with Gasteiger partial charge in [-0.3, -0.25) is 0 Å². The Hall–Kier alpha value is -1.25. The van der Waals surface area contributed by atoms with E-state index in [2.05, 4.69) is 19.6 Å². The van der Waals surface area contributed by atoms with Crippen molar-refractivity contribution in [2.45, 2.75) is 52.4 Å². The Kier molecular flexibility index (Phi) is 11.4. The van der Waals surface area contributed by atoms with Crippen molar-refractivity contribution in [3.05, 3.63) is 24.5 Å². The Morgan fingerprint density at radius 1 is 1.17 bits per heavy atom. The zero-order valence-corrected chi connectivity index (χ0v) is 11.7. The highest BCUT2D eigenvalue weighted by atomic mass is 16.5. The average Bonchev–Trinajstić information content (AvgIpc) is 2.35. The fraction of sp³-hybridized carbons (Fsp3) is 0.667. The van der Waals surface area contributed by atoms with Crippen LogP contribution in [0.4, 0.5) is 0 Å². The van der Waals surface area contributed by atoms with Gasteiger partial charge in [0.1, 0.15) is 0 Å². The lowest BCUT2D eigenvalue weighted by Crippen LogP contribution is -2.06. The molecule has 18 heavy (non-hydrogen) atoms. The molecule has 0 radical (unpaired) electrons. The van der Waals surface area contributed by atoms with E-state index >= 15 is 0 Å². The Balaban J connectivity index is 3.17. The van der Waals surface area contributed by atoms with Gasteiger partial charge in [0.2, 0.25) is 0 Å². The molecule has 0 saturated heterocycles. The third-order valence-electron chi connectivity index (χ3n) is 2.39. The molecule has 0 aliphatic rings. The second-order valence-corrected chi connectivity index (χ2v) is 4.36. The number of ether oxygens (including phenoxy) is 2. The quantitative estimate of drug-likeness (QED) is 0.242. The van der Waals surface area contributed by atoms with Gasteiger partial charge in [-0.15, -0.1) is 0 Å². The van der Waals surface area contributed by atoms with Gasteiger partial charge in [-0.2, -0.15) is 0 Å². The van der Waals surface area contributed by atoms with Gasteiger partial charge in [0.25, 0.3) is 0 Å². The van der Waals surface area contributed by atoms with Gasteiger partial charge < -0.3 is 9.47 Å². The molecule has 0 atom stereocenters. The molecule has 0 rings (SSSR count). The number of allylic oxidation sites excluding steroid dienone is 1. The minimum atomic E-state index is -0.292. The average molecular weight is 254 g/mol. The largest absolute Gasteiger partial charge is 0.502 e. The van der Waals surface area contributed by atoms with Gasteiger partial charge >= 0.3 is 5.97 Å². The van der Waals surface area contributed by atoms with Gasteiger partial charge in [0.15, 0.2) is 0 Å². The second-order valence-electron chi connectivity index (χ2n) is 4.36. The molecule has 0 N–H and O–H groups in total. The Bertz CT molecular complexity index is 256. The molecule has 0 bridgehead atoms. The van der Waals surface area contributed by atoms with Crippen molar-refractivity contribution < 1.29 is 14.3 Å². The molecular weight excluding hydrogens is 228 g/mol. The maximum Gasteiger partial charge on any atom is 0.333 e. The monoisotopic (exact) mass is 254 g/mol. The first-order chi connectivity index (χ1) is 8.68. The fourth-order valence-corrected chi connectivity index (χ4v) is 1.30. The first-order valence-electron chi connectivity index (χ1n) is 6.77. The molecule has 0 aliphatic heterocycles. The topological polar surface area (TPSA) is 35.5 Å². The molecular formula is C15H26O3. The van der Waals surface area contributed by atoms with Crippen molar-refractivity contribution in [3.63, 3.8) is 0 Å². The number of carbonyl (C=O) groups is 1. The predicted octanol–water partition coefficient (Wildman–Crippen LogP) is 4.00. The summed E-state index contributed by atoms with van der Waals surface area (Å²) in [6.07, 6.45) is 10.2. The van der Waals surface area contributed by atoms with Crippen LogP contribution in [0.2, 0.25) is 0 Å². The summed E-state index contributed by atoms with van der Waals surface area (Å²) in [5.41, 5.74) is 0.460. The van der Waals surface area contributed by atoms with Crippen molar-refractivity contribution >= 4 is 5.97 Å². The fourth-order valence-electron chi connectivity index (χ4n) is 1.30. The summed E-state index contributed by atoms with van der Waals surface area (Å²) >= 11 is 0. The molecule has 0 unspecified atom stereocenters. The summed E-state index contributed by atoms with van der Waals surface area (Å²) in [5.74, 6) is -0.292. The molecule has 0 heterocycles. The summed E-state index contributed by atoms with van der Waals surface area (Å²) in [7, 11) is 0. The Morgan fingerprint density at radius 3 is 2.44 bits per heavy atom. The van der Waals surface area contributed by atoms with Crippen molar-refractivity contribution in [2.75, 3.05) is 13.2 Å². The Labute approximate surface area is 111 Å². The van der Waals surface area contributed by atoms with Crippen LogP contribution in [0.5, 0.6) is 0 Å². The molecule has 0 saturated carbocycles. The summed E-state index contributed by atoms with van der Waals surface area (Å²) in [4.78, 5) is 11.1. The molecule has 0 aromatic heterocycles. The van der Waals surface area contributed by atoms with E-state index < -0.39 is 0 Å². The smallest absolute Gasteiger partial charge is 0.333 e. The van der Waals surface area contributed by atoms with E-state index in [1.165, 1.54) is 0 Å². The lowest BCUT2D eigenvalue weighted by molar-refractivity contribution is -0.139. The van der Waals surface area contributed by atoms with Crippen molar-refractivity contribution in [3.8, 4) is 0 Å². The highest BCUT2D eigenvalue weighted by Crippen LogP contribution is 2.02. The summed E-state index contributed by atoms with van der Waals surface area (Å²) in [6, 6.07) is 0. The van der Waals surface area contributed by atoms with Gasteiger partial charge in [-0.1, -0.05) is 19.9 Å². The zero-order valence-electron chi connectivity index (χ0n) is 11.7. The molecule has 0 aliphatic carbocycles. The minimum absolute atomic E-state index is 0.292. The molecule has 0 fully saturated rings. The maximum atomic E-state index is 11.1. The normalized spacial score (nSPS) is 10.6. The highest BCUT2D eigenvalue weighted by molar-refractivity contribution is 5.86. The minimum Gasteiger partial charge on any atom is -0.502 e. The lowest BCUT2D eigenvalue weighted by atomic mass is 10.2. The number of unbranched alkanes of at least 4 members (excludes halogenated alkanes) is 4. The van der Waals surface area contributed by atoms with Gasteiger partial charge in [0.05, 0.1) is 19.5 Å². The summed E-state index contributed by atoms with van der Waals surface area (Å²) < 4.78 is 10.3. The van der Waals surface area contributed by atoms with E-state index in [1.807, 2.05) is 0 Å². The van der Waals surface area contributed by atoms with Crippen LogP contribution in [0.25, 0.3) is 0 Å². The van der Waals surface area contributed by atoms with Crippen LogP contribution >= 0.6 is 0 Å². The second kappa shape index (κ2) is 12.2. The van der Waals surface area contributed by atoms with E-state index in [4.69, 9.17) is 9.47 Å². The third-order valence-corrected chi connectivity index (χ3v) is 2.39. The standard InChI is InChI=1S/C15H26O3/c1-4-5-8-11-17-12-9-6-7-10-13-18-15(16)14(2)3/h8,11H,2,4-7,9-10,12-13H2,1,3H3. The SMILES string of the molecule is C=C(C)C(=O)OCCCCCCOC=CCCC. The van der Waals surface area contributed by atoms with Crippen LogP contribution in [-0.4, -0.2) is 19.2 Å². The number of hydrogen-bond acceptors (Lipinski definition) is 3. The van der Waals surface area contributed by atoms with E-state index in [0.717, 1.165) is 45.1 Å². The van der Waals surface area contributed by atoms with Gasteiger partial charge in [0, 0.05) is 5.57 Å². The molecule has 3 nitrogen and oxygen atoms in total. The van der Waals surface area contributed by atoms with E-state index in [9.17, 15) is 4.79 Å². The van der Waals surface area contributed by atoms with Crippen molar-refractivity contribution in [1.29, 1.82) is 0 Å². The van der Waals surface area contributed by atoms with Crippen LogP contribution in [0, 0.1) is 0 Å². The van der Waals surface area contributed by atoms with E-state index in [0.29, 0.717) is 12.2 Å². The summed E-state index contributed by atoms with van der Waals surface area (Å²) in [5, 5.41) is 0. The van der Waals surface area contributed by atoms with Crippen molar-refractivity contribution in [1.82, 2.24) is 0 Å². The molecule has 0 amide bonds. The number of esters is 1. The zero-order chi connectivity index (χ0) is 13.6. The predicted molar refractivity (Wildman–Crippen MR) is 74.2 cm³/mol. The summed E-state index contributed by atoms with van der Waals surface area (Å²) in [6.45, 7) is 8.59. The van der Waals surface area contributed by atoms with Gasteiger partial charge in [-0.25, -0.2) is 4.79 Å². The van der Waals surface area contributed by atoms with E-state index in [1.54, 1.807) is 13.2 Å². The first kappa shape index (κ1) is 16.8. The van der Waals surface area contributed by atoms with Crippen LogP contribution in [0.1, 0.15) is 52.4 Å². The molecule has 0 aromatic rings. The van der Waals surface area contributed by atoms with Crippen LogP contribution < -0.4 is 0 Å². The third kappa shape index (κ3) is 11.2. The van der Waals surface area contributed by atoms with E-state index in [-0.39, 0.29) is 5.97 Å². The first-order valence-corrected chi connectivity index (χ1v) is 6.77. The maximum absolute atomic E-state index is 11.1. The number of carbonyl (C=O) groups excluding carboxylic acids is 1. The van der Waals surface area contributed by atoms with Crippen molar-refractivity contribution in [2.24, 2.45) is 0 Å². The Morgan fingerprint density at radius 2 is 1.83 bits per heavy atom. The molecule has 104 valence electrons.